The van der Waals surface area contributed by atoms with Gasteiger partial charge in [0.25, 0.3) is 6.43 Å². The second kappa shape index (κ2) is 8.89. The van der Waals surface area contributed by atoms with Crippen LogP contribution >= 0.6 is 0 Å². The first-order chi connectivity index (χ1) is 14.9. The summed E-state index contributed by atoms with van der Waals surface area (Å²) in [6.45, 7) is 6.40. The predicted octanol–water partition coefficient (Wildman–Crippen LogP) is 4.17. The summed E-state index contributed by atoms with van der Waals surface area (Å²) in [5.74, 6) is -0.331. The van der Waals surface area contributed by atoms with Gasteiger partial charge in [0.05, 0.1) is 28.6 Å². The van der Waals surface area contributed by atoms with E-state index < -0.39 is 39.1 Å². The van der Waals surface area contributed by atoms with Crippen molar-refractivity contribution in [3.63, 3.8) is 0 Å². The molecule has 32 heavy (non-hydrogen) atoms. The number of hydrogen-bond acceptors (Lipinski definition) is 5. The zero-order valence-electron chi connectivity index (χ0n) is 18.3. The Hall–Kier alpha value is -2.95. The van der Waals surface area contributed by atoms with Crippen molar-refractivity contribution in [3.05, 3.63) is 58.7 Å². The Morgan fingerprint density at radius 2 is 1.81 bits per heavy atom. The van der Waals surface area contributed by atoms with Crippen LogP contribution < -0.4 is 10.2 Å². The summed E-state index contributed by atoms with van der Waals surface area (Å²) in [5.41, 5.74) is 0.168. The van der Waals surface area contributed by atoms with E-state index in [9.17, 15) is 21.6 Å². The van der Waals surface area contributed by atoms with Crippen LogP contribution in [-0.2, 0) is 17.1 Å². The van der Waals surface area contributed by atoms with E-state index in [1.807, 2.05) is 0 Å². The minimum atomic E-state index is -3.63. The van der Waals surface area contributed by atoms with Gasteiger partial charge in [-0.1, -0.05) is 18.2 Å². The molecule has 3 rings (SSSR count). The second-order valence-corrected chi connectivity index (χ2v) is 9.92. The van der Waals surface area contributed by atoms with Crippen molar-refractivity contribution < 1.29 is 21.6 Å². The Morgan fingerprint density at radius 1 is 1.16 bits per heavy atom. The molecule has 7 nitrogen and oxygen atoms in total. The number of hydrogen-bond donors (Lipinski definition) is 1. The molecule has 0 amide bonds. The van der Waals surface area contributed by atoms with Gasteiger partial charge in [-0.15, -0.1) is 0 Å². The third kappa shape index (κ3) is 4.62. The highest BCUT2D eigenvalue weighted by Crippen LogP contribution is 2.28. The van der Waals surface area contributed by atoms with Crippen LogP contribution in [0.5, 0.6) is 0 Å². The lowest BCUT2D eigenvalue weighted by molar-refractivity contribution is 0.146. The molecular formula is C21H24F3N5O2S. The van der Waals surface area contributed by atoms with Crippen LogP contribution in [0.15, 0.2) is 35.5 Å². The number of rotatable bonds is 6. The number of sulfonamides is 1. The zero-order valence-corrected chi connectivity index (χ0v) is 19.1. The number of aryl methyl sites for hydroxylation is 2. The predicted molar refractivity (Wildman–Crippen MR) is 116 cm³/mol. The molecule has 0 saturated heterocycles. The average molecular weight is 468 g/mol. The number of alkyl halides is 2. The van der Waals surface area contributed by atoms with E-state index in [2.05, 4.69) is 19.7 Å². The van der Waals surface area contributed by atoms with Gasteiger partial charge in [-0.05, 0) is 33.8 Å². The van der Waals surface area contributed by atoms with Gasteiger partial charge in [-0.3, -0.25) is 9.71 Å². The fraction of sp³-hybridized carbons (Fsp3) is 0.381. The Labute approximate surface area is 184 Å². The molecule has 1 atom stereocenters. The average Bonchev–Trinajstić information content (AvgIpc) is 2.71. The summed E-state index contributed by atoms with van der Waals surface area (Å²) in [6, 6.07) is 4.47. The largest absolute Gasteiger partial charge is 0.331 e. The van der Waals surface area contributed by atoms with E-state index in [0.29, 0.717) is 16.7 Å². The molecule has 172 valence electrons. The highest BCUT2D eigenvalue weighted by Gasteiger charge is 2.20. The number of benzene rings is 1. The minimum absolute atomic E-state index is 0.0124. The molecule has 0 radical (unpaired) electrons. The Bertz CT molecular complexity index is 1340. The maximum Gasteiger partial charge on any atom is 0.266 e. The summed E-state index contributed by atoms with van der Waals surface area (Å²) in [5, 5.41) is -0.187. The molecule has 0 spiro atoms. The van der Waals surface area contributed by atoms with E-state index in [1.165, 1.54) is 24.4 Å². The first-order valence-electron chi connectivity index (χ1n) is 9.87. The van der Waals surface area contributed by atoms with Gasteiger partial charge in [0.15, 0.2) is 5.49 Å². The summed E-state index contributed by atoms with van der Waals surface area (Å²) in [7, 11) is -1.86. The van der Waals surface area contributed by atoms with Gasteiger partial charge in [-0.25, -0.2) is 31.6 Å². The fourth-order valence-corrected chi connectivity index (χ4v) is 3.73. The summed E-state index contributed by atoms with van der Waals surface area (Å²) in [4.78, 5) is 13.1. The SMILES string of the molecule is Cc1nc(=NC(C)c2cccc(C(F)F)c2F)c2cc(NS(=O)(=O)C(C)C)ncc2n1C. The van der Waals surface area contributed by atoms with Gasteiger partial charge in [-0.2, -0.15) is 0 Å². The van der Waals surface area contributed by atoms with E-state index in [0.717, 1.165) is 6.07 Å². The van der Waals surface area contributed by atoms with Crippen molar-refractivity contribution in [1.29, 1.82) is 0 Å². The summed E-state index contributed by atoms with van der Waals surface area (Å²) in [6.07, 6.45) is -1.45. The van der Waals surface area contributed by atoms with Crippen molar-refractivity contribution in [3.8, 4) is 0 Å². The quantitative estimate of drug-likeness (QED) is 0.589. The molecule has 0 fully saturated rings. The third-order valence-electron chi connectivity index (χ3n) is 5.17. The van der Waals surface area contributed by atoms with Crippen molar-refractivity contribution >= 4 is 26.7 Å². The monoisotopic (exact) mass is 467 g/mol. The molecule has 11 heteroatoms. The van der Waals surface area contributed by atoms with E-state index in [4.69, 9.17) is 0 Å². The summed E-state index contributed by atoms with van der Waals surface area (Å²) >= 11 is 0. The first-order valence-corrected chi connectivity index (χ1v) is 11.4. The number of nitrogens with zero attached hydrogens (tertiary/aromatic N) is 4. The molecule has 2 heterocycles. The number of pyridine rings is 1. The molecule has 0 aliphatic rings. The highest BCUT2D eigenvalue weighted by atomic mass is 32.2. The Balaban J connectivity index is 2.19. The lowest BCUT2D eigenvalue weighted by Crippen LogP contribution is -2.23. The standard InChI is InChI=1S/C21H24F3N5O2S/c1-11(2)32(30,31)28-18-9-16-17(10-25-18)29(5)13(4)27-21(16)26-12(3)14-7-6-8-15(19(14)22)20(23)24/h6-12,20H,1-5H3,(H,25,28). The minimum Gasteiger partial charge on any atom is -0.331 e. The van der Waals surface area contributed by atoms with Crippen molar-refractivity contribution in [2.24, 2.45) is 12.0 Å². The van der Waals surface area contributed by atoms with Crippen LogP contribution in [0.1, 0.15) is 50.2 Å². The van der Waals surface area contributed by atoms with Crippen molar-refractivity contribution in [1.82, 2.24) is 14.5 Å². The smallest absolute Gasteiger partial charge is 0.266 e. The van der Waals surface area contributed by atoms with Crippen LogP contribution in [0.3, 0.4) is 0 Å². The van der Waals surface area contributed by atoms with Gasteiger partial charge in [0.2, 0.25) is 10.0 Å². The number of fused-ring (bicyclic) bond motifs is 1. The van der Waals surface area contributed by atoms with E-state index >= 15 is 0 Å². The number of aromatic nitrogens is 3. The van der Waals surface area contributed by atoms with Crippen LogP contribution in [0.4, 0.5) is 19.0 Å². The molecule has 0 aliphatic carbocycles. The molecule has 0 aliphatic heterocycles. The van der Waals surface area contributed by atoms with Crippen LogP contribution in [-0.4, -0.2) is 28.2 Å². The van der Waals surface area contributed by atoms with E-state index in [1.54, 1.807) is 39.3 Å². The number of anilines is 1. The molecule has 0 bridgehead atoms. The molecular weight excluding hydrogens is 443 g/mol. The van der Waals surface area contributed by atoms with Gasteiger partial charge < -0.3 is 4.57 Å². The van der Waals surface area contributed by atoms with Crippen LogP contribution in [0.25, 0.3) is 10.9 Å². The van der Waals surface area contributed by atoms with Gasteiger partial charge >= 0.3 is 0 Å². The van der Waals surface area contributed by atoms with Crippen LogP contribution in [0, 0.1) is 12.7 Å². The maximum atomic E-state index is 14.6. The fourth-order valence-electron chi connectivity index (χ4n) is 3.09. The molecule has 1 unspecified atom stereocenters. The Kier molecular flexibility index (Phi) is 6.59. The van der Waals surface area contributed by atoms with Gasteiger partial charge in [0, 0.05) is 18.0 Å². The Morgan fingerprint density at radius 3 is 2.44 bits per heavy atom. The third-order valence-corrected chi connectivity index (χ3v) is 6.90. The topological polar surface area (TPSA) is 89.2 Å². The normalized spacial score (nSPS) is 13.9. The lowest BCUT2D eigenvalue weighted by Gasteiger charge is -2.14. The summed E-state index contributed by atoms with van der Waals surface area (Å²) < 4.78 is 69.4. The van der Waals surface area contributed by atoms with Crippen molar-refractivity contribution in [2.75, 3.05) is 4.72 Å². The highest BCUT2D eigenvalue weighted by molar-refractivity contribution is 7.93. The van der Waals surface area contributed by atoms with Crippen LogP contribution in [0.2, 0.25) is 0 Å². The molecule has 3 aromatic rings. The zero-order chi connectivity index (χ0) is 23.8. The second-order valence-electron chi connectivity index (χ2n) is 7.68. The lowest BCUT2D eigenvalue weighted by atomic mass is 10.0. The first kappa shape index (κ1) is 23.7. The molecule has 0 saturated carbocycles. The maximum absolute atomic E-state index is 14.6. The molecule has 1 aromatic carbocycles. The molecule has 2 aromatic heterocycles. The van der Waals surface area contributed by atoms with Crippen molar-refractivity contribution in [2.45, 2.75) is 45.4 Å². The molecule has 1 N–H and O–H groups in total. The van der Waals surface area contributed by atoms with E-state index in [-0.39, 0.29) is 16.9 Å². The number of halogens is 3. The van der Waals surface area contributed by atoms with Gasteiger partial charge in [0.1, 0.15) is 17.5 Å². The number of nitrogens with one attached hydrogen (secondary N) is 1.